The number of allylic oxidation sites excluding steroid dienone is 2. The molecule has 1 fully saturated rings. The summed E-state index contributed by atoms with van der Waals surface area (Å²) in [6, 6.07) is 8.13. The minimum atomic E-state index is 0.191. The Hall–Kier alpha value is -1.37. The van der Waals surface area contributed by atoms with Gasteiger partial charge in [0.05, 0.1) is 0 Å². The summed E-state index contributed by atoms with van der Waals surface area (Å²) >= 11 is 0. The predicted molar refractivity (Wildman–Crippen MR) is 76.0 cm³/mol. The van der Waals surface area contributed by atoms with Crippen molar-refractivity contribution >= 4 is 5.78 Å². The quantitative estimate of drug-likeness (QED) is 0.531. The topological polar surface area (TPSA) is 17.1 Å². The summed E-state index contributed by atoms with van der Waals surface area (Å²) in [5.74, 6) is 0.807. The molecule has 18 heavy (non-hydrogen) atoms. The number of carbonyl (C=O) groups excluding carboxylic acids is 1. The SMILES string of the molecule is CCC(=CC(=O)c1ccccc1C1CCC1)CC. The molecule has 96 valence electrons. The summed E-state index contributed by atoms with van der Waals surface area (Å²) in [5, 5.41) is 0. The van der Waals surface area contributed by atoms with E-state index >= 15 is 0 Å². The third kappa shape index (κ3) is 2.72. The number of hydrogen-bond donors (Lipinski definition) is 0. The third-order valence-electron chi connectivity index (χ3n) is 4.01. The van der Waals surface area contributed by atoms with Crippen LogP contribution in [0.3, 0.4) is 0 Å². The van der Waals surface area contributed by atoms with Gasteiger partial charge in [-0.05, 0) is 43.2 Å². The Morgan fingerprint density at radius 3 is 2.44 bits per heavy atom. The molecular weight excluding hydrogens is 220 g/mol. The Labute approximate surface area is 110 Å². The molecule has 0 heterocycles. The zero-order valence-corrected chi connectivity index (χ0v) is 11.4. The van der Waals surface area contributed by atoms with Crippen LogP contribution in [-0.2, 0) is 0 Å². The van der Waals surface area contributed by atoms with Crippen LogP contribution in [0.2, 0.25) is 0 Å². The van der Waals surface area contributed by atoms with Crippen LogP contribution in [0.25, 0.3) is 0 Å². The molecule has 0 N–H and O–H groups in total. The highest BCUT2D eigenvalue weighted by molar-refractivity contribution is 6.06. The number of carbonyl (C=O) groups is 1. The highest BCUT2D eigenvalue weighted by Crippen LogP contribution is 2.38. The van der Waals surface area contributed by atoms with Crippen molar-refractivity contribution in [3.8, 4) is 0 Å². The van der Waals surface area contributed by atoms with Crippen LogP contribution in [0.4, 0.5) is 0 Å². The molecule has 1 aliphatic rings. The van der Waals surface area contributed by atoms with E-state index in [1.807, 2.05) is 18.2 Å². The lowest BCUT2D eigenvalue weighted by Gasteiger charge is -2.27. The van der Waals surface area contributed by atoms with E-state index < -0.39 is 0 Å². The van der Waals surface area contributed by atoms with Crippen molar-refractivity contribution in [2.45, 2.75) is 51.9 Å². The Morgan fingerprint density at radius 1 is 1.22 bits per heavy atom. The minimum absolute atomic E-state index is 0.191. The standard InChI is InChI=1S/C17H22O/c1-3-13(4-2)12-17(18)16-11-6-5-10-15(16)14-8-7-9-14/h5-6,10-12,14H,3-4,7-9H2,1-2H3. The molecule has 1 aromatic rings. The first kappa shape index (κ1) is 13.1. The molecule has 0 bridgehead atoms. The summed E-state index contributed by atoms with van der Waals surface area (Å²) in [6.45, 7) is 4.22. The highest BCUT2D eigenvalue weighted by Gasteiger charge is 2.23. The molecule has 0 radical (unpaired) electrons. The molecule has 0 atom stereocenters. The molecule has 1 nitrogen and oxygen atoms in total. The van der Waals surface area contributed by atoms with Crippen LogP contribution in [-0.4, -0.2) is 5.78 Å². The van der Waals surface area contributed by atoms with Crippen LogP contribution in [0.5, 0.6) is 0 Å². The predicted octanol–water partition coefficient (Wildman–Crippen LogP) is 4.88. The first-order valence-corrected chi connectivity index (χ1v) is 7.09. The zero-order valence-electron chi connectivity index (χ0n) is 11.4. The third-order valence-corrected chi connectivity index (χ3v) is 4.01. The van der Waals surface area contributed by atoms with Gasteiger partial charge in [0.2, 0.25) is 0 Å². The van der Waals surface area contributed by atoms with E-state index in [0.717, 1.165) is 18.4 Å². The van der Waals surface area contributed by atoms with Gasteiger partial charge in [-0.2, -0.15) is 0 Å². The van der Waals surface area contributed by atoms with Crippen molar-refractivity contribution in [1.82, 2.24) is 0 Å². The number of benzene rings is 1. The molecule has 1 heteroatoms. The molecule has 1 aliphatic carbocycles. The molecule has 0 aliphatic heterocycles. The number of rotatable bonds is 5. The van der Waals surface area contributed by atoms with Crippen LogP contribution in [0.15, 0.2) is 35.9 Å². The second kappa shape index (κ2) is 5.99. The summed E-state index contributed by atoms with van der Waals surface area (Å²) in [7, 11) is 0. The molecule has 0 aromatic heterocycles. The average Bonchev–Trinajstić information content (AvgIpc) is 2.34. The van der Waals surface area contributed by atoms with Gasteiger partial charge in [-0.3, -0.25) is 4.79 Å². The largest absolute Gasteiger partial charge is 0.289 e. The van der Waals surface area contributed by atoms with Crippen molar-refractivity contribution in [3.63, 3.8) is 0 Å². The second-order valence-corrected chi connectivity index (χ2v) is 5.09. The number of ketones is 1. The van der Waals surface area contributed by atoms with E-state index in [2.05, 4.69) is 26.0 Å². The molecule has 0 saturated heterocycles. The maximum absolute atomic E-state index is 12.4. The summed E-state index contributed by atoms with van der Waals surface area (Å²) < 4.78 is 0. The Balaban J connectivity index is 2.27. The van der Waals surface area contributed by atoms with Crippen LogP contribution in [0.1, 0.15) is 67.8 Å². The van der Waals surface area contributed by atoms with Gasteiger partial charge in [-0.15, -0.1) is 0 Å². The van der Waals surface area contributed by atoms with Gasteiger partial charge in [-0.1, -0.05) is 50.1 Å². The van der Waals surface area contributed by atoms with Crippen LogP contribution < -0.4 is 0 Å². The zero-order chi connectivity index (χ0) is 13.0. The molecular formula is C17H22O. The Kier molecular flexibility index (Phi) is 4.35. The van der Waals surface area contributed by atoms with Gasteiger partial charge >= 0.3 is 0 Å². The van der Waals surface area contributed by atoms with E-state index in [-0.39, 0.29) is 5.78 Å². The van der Waals surface area contributed by atoms with Crippen molar-refractivity contribution in [1.29, 1.82) is 0 Å². The fourth-order valence-electron chi connectivity index (χ4n) is 2.51. The molecule has 1 saturated carbocycles. The maximum Gasteiger partial charge on any atom is 0.186 e. The van der Waals surface area contributed by atoms with Gasteiger partial charge < -0.3 is 0 Å². The van der Waals surface area contributed by atoms with E-state index in [0.29, 0.717) is 5.92 Å². The van der Waals surface area contributed by atoms with Crippen molar-refractivity contribution in [3.05, 3.63) is 47.0 Å². The van der Waals surface area contributed by atoms with Crippen molar-refractivity contribution in [2.75, 3.05) is 0 Å². The Bertz CT molecular complexity index is 446. The first-order valence-electron chi connectivity index (χ1n) is 7.09. The normalized spacial score (nSPS) is 15.0. The molecule has 1 aromatic carbocycles. The molecule has 0 unspecified atom stereocenters. The summed E-state index contributed by atoms with van der Waals surface area (Å²) in [5.41, 5.74) is 3.42. The average molecular weight is 242 g/mol. The van der Waals surface area contributed by atoms with E-state index in [1.54, 1.807) is 0 Å². The Morgan fingerprint density at radius 2 is 1.89 bits per heavy atom. The fraction of sp³-hybridized carbons (Fsp3) is 0.471. The maximum atomic E-state index is 12.4. The smallest absolute Gasteiger partial charge is 0.186 e. The summed E-state index contributed by atoms with van der Waals surface area (Å²) in [6.07, 6.45) is 7.56. The lowest BCUT2D eigenvalue weighted by atomic mass is 9.77. The van der Waals surface area contributed by atoms with Gasteiger partial charge in [0.25, 0.3) is 0 Å². The van der Waals surface area contributed by atoms with Gasteiger partial charge in [0.15, 0.2) is 5.78 Å². The lowest BCUT2D eigenvalue weighted by Crippen LogP contribution is -2.13. The van der Waals surface area contributed by atoms with Gasteiger partial charge in [-0.25, -0.2) is 0 Å². The van der Waals surface area contributed by atoms with Crippen LogP contribution >= 0.6 is 0 Å². The minimum Gasteiger partial charge on any atom is -0.289 e. The van der Waals surface area contributed by atoms with Gasteiger partial charge in [0.1, 0.15) is 0 Å². The van der Waals surface area contributed by atoms with Gasteiger partial charge in [0, 0.05) is 5.56 Å². The van der Waals surface area contributed by atoms with Crippen LogP contribution in [0, 0.1) is 0 Å². The van der Waals surface area contributed by atoms with Crippen molar-refractivity contribution < 1.29 is 4.79 Å². The van der Waals surface area contributed by atoms with E-state index in [4.69, 9.17) is 0 Å². The second-order valence-electron chi connectivity index (χ2n) is 5.09. The highest BCUT2D eigenvalue weighted by atomic mass is 16.1. The lowest BCUT2D eigenvalue weighted by molar-refractivity contribution is 0.104. The fourth-order valence-corrected chi connectivity index (χ4v) is 2.51. The molecule has 0 spiro atoms. The van der Waals surface area contributed by atoms with E-state index in [9.17, 15) is 4.79 Å². The first-order chi connectivity index (χ1) is 8.76. The monoisotopic (exact) mass is 242 g/mol. The van der Waals surface area contributed by atoms with Crippen molar-refractivity contribution in [2.24, 2.45) is 0 Å². The summed E-state index contributed by atoms with van der Waals surface area (Å²) in [4.78, 5) is 12.4. The van der Waals surface area contributed by atoms with E-state index in [1.165, 1.54) is 30.4 Å². The molecule has 2 rings (SSSR count). The number of hydrogen-bond acceptors (Lipinski definition) is 1. The molecule has 0 amide bonds.